The molecule has 9 heteroatoms. The molecule has 1 unspecified atom stereocenters. The highest BCUT2D eigenvalue weighted by molar-refractivity contribution is 14.0. The van der Waals surface area contributed by atoms with Crippen molar-refractivity contribution in [1.82, 2.24) is 20.0 Å². The number of aliphatic hydroxyl groups excluding tert-OH is 1. The van der Waals surface area contributed by atoms with E-state index >= 15 is 0 Å². The predicted molar refractivity (Wildman–Crippen MR) is 140 cm³/mol. The molecule has 0 bridgehead atoms. The summed E-state index contributed by atoms with van der Waals surface area (Å²) < 4.78 is 5.54. The molecule has 3 aliphatic heterocycles. The van der Waals surface area contributed by atoms with Gasteiger partial charge in [-0.1, -0.05) is 24.3 Å². The van der Waals surface area contributed by atoms with Crippen molar-refractivity contribution in [3.63, 3.8) is 0 Å². The van der Waals surface area contributed by atoms with E-state index in [1.54, 1.807) is 4.90 Å². The van der Waals surface area contributed by atoms with Gasteiger partial charge in [-0.25, -0.2) is 4.79 Å². The summed E-state index contributed by atoms with van der Waals surface area (Å²) in [5.41, 5.74) is 2.12. The Balaban J connectivity index is 0.00000306. The number of nitrogens with zero attached hydrogens (tertiary/aromatic N) is 4. The molecular formula is C24H38IN5O3. The molecule has 8 nitrogen and oxygen atoms in total. The summed E-state index contributed by atoms with van der Waals surface area (Å²) in [6.45, 7) is 11.9. The number of piperazine rings is 1. The fraction of sp³-hybridized carbons (Fsp3) is 0.667. The SMILES string of the molecule is CC(C)(C)OC(=O)N1CCN2C(NCc3ccccc3CN3CCC(O)CC3)=NCC2C1.I. The number of likely N-dealkylation sites (tertiary alicyclic amines) is 1. The van der Waals surface area contributed by atoms with Gasteiger partial charge in [0.2, 0.25) is 0 Å². The third-order valence-corrected chi connectivity index (χ3v) is 6.36. The van der Waals surface area contributed by atoms with Gasteiger partial charge in [-0.15, -0.1) is 24.0 Å². The van der Waals surface area contributed by atoms with E-state index in [4.69, 9.17) is 9.73 Å². The molecule has 1 atom stereocenters. The summed E-state index contributed by atoms with van der Waals surface area (Å²) in [6.07, 6.45) is 1.33. The normalized spacial score (nSPS) is 21.8. The molecule has 2 saturated heterocycles. The second kappa shape index (κ2) is 11.2. The van der Waals surface area contributed by atoms with E-state index in [2.05, 4.69) is 39.4 Å². The van der Waals surface area contributed by atoms with Crippen molar-refractivity contribution in [2.24, 2.45) is 4.99 Å². The first-order valence-corrected chi connectivity index (χ1v) is 11.8. The molecule has 2 N–H and O–H groups in total. The topological polar surface area (TPSA) is 80.6 Å². The van der Waals surface area contributed by atoms with E-state index in [1.165, 1.54) is 11.1 Å². The van der Waals surface area contributed by atoms with Crippen LogP contribution in [0.1, 0.15) is 44.7 Å². The molecule has 0 aromatic heterocycles. The summed E-state index contributed by atoms with van der Waals surface area (Å²) in [5, 5.41) is 13.3. The van der Waals surface area contributed by atoms with Crippen LogP contribution in [-0.2, 0) is 17.8 Å². The third kappa shape index (κ3) is 6.95. The quantitative estimate of drug-likeness (QED) is 0.542. The number of carbonyl (C=O) groups excluding carboxylic acids is 1. The number of nitrogens with one attached hydrogen (secondary N) is 1. The van der Waals surface area contributed by atoms with Crippen LogP contribution in [0, 0.1) is 0 Å². The van der Waals surface area contributed by atoms with Crippen molar-refractivity contribution in [1.29, 1.82) is 0 Å². The number of hydrogen-bond donors (Lipinski definition) is 2. The lowest BCUT2D eigenvalue weighted by Crippen LogP contribution is -2.57. The van der Waals surface area contributed by atoms with Gasteiger partial charge in [0.1, 0.15) is 5.60 Å². The number of amides is 1. The Labute approximate surface area is 214 Å². The van der Waals surface area contributed by atoms with Crippen LogP contribution in [0.25, 0.3) is 0 Å². The second-order valence-corrected chi connectivity index (χ2v) is 10.1. The van der Waals surface area contributed by atoms with Crippen LogP contribution in [0.2, 0.25) is 0 Å². The Bertz CT molecular complexity index is 836. The van der Waals surface area contributed by atoms with Crippen molar-refractivity contribution in [3.8, 4) is 0 Å². The zero-order valence-electron chi connectivity index (χ0n) is 20.0. The van der Waals surface area contributed by atoms with Gasteiger partial charge in [-0.05, 0) is 44.7 Å². The van der Waals surface area contributed by atoms with Crippen LogP contribution in [0.3, 0.4) is 0 Å². The minimum Gasteiger partial charge on any atom is -0.444 e. The van der Waals surface area contributed by atoms with Crippen LogP contribution in [0.5, 0.6) is 0 Å². The number of fused-ring (bicyclic) bond motifs is 1. The maximum Gasteiger partial charge on any atom is 0.410 e. The molecule has 1 aromatic rings. The molecule has 2 fully saturated rings. The van der Waals surface area contributed by atoms with Gasteiger partial charge in [0, 0.05) is 45.8 Å². The van der Waals surface area contributed by atoms with Crippen LogP contribution in [-0.4, -0.2) is 88.9 Å². The van der Waals surface area contributed by atoms with Crippen LogP contribution < -0.4 is 5.32 Å². The van der Waals surface area contributed by atoms with Gasteiger partial charge >= 0.3 is 6.09 Å². The molecule has 0 radical (unpaired) electrons. The fourth-order valence-corrected chi connectivity index (χ4v) is 4.60. The highest BCUT2D eigenvalue weighted by Crippen LogP contribution is 2.20. The molecular weight excluding hydrogens is 533 g/mol. The maximum atomic E-state index is 12.4. The Hall–Kier alpha value is -1.59. The van der Waals surface area contributed by atoms with Gasteiger partial charge in [-0.2, -0.15) is 0 Å². The summed E-state index contributed by atoms with van der Waals surface area (Å²) in [6, 6.07) is 8.75. The number of rotatable bonds is 4. The largest absolute Gasteiger partial charge is 0.444 e. The van der Waals surface area contributed by atoms with Gasteiger partial charge < -0.3 is 25.0 Å². The van der Waals surface area contributed by atoms with E-state index in [-0.39, 0.29) is 42.2 Å². The molecule has 0 spiro atoms. The van der Waals surface area contributed by atoms with Crippen molar-refractivity contribution < 1.29 is 14.6 Å². The van der Waals surface area contributed by atoms with E-state index in [9.17, 15) is 9.90 Å². The summed E-state index contributed by atoms with van der Waals surface area (Å²) >= 11 is 0. The Morgan fingerprint density at radius 2 is 1.85 bits per heavy atom. The average molecular weight is 572 g/mol. The van der Waals surface area contributed by atoms with Crippen molar-refractivity contribution in [2.45, 2.75) is 64.4 Å². The summed E-state index contributed by atoms with van der Waals surface area (Å²) in [5.74, 6) is 0.926. The number of piperidine rings is 1. The Morgan fingerprint density at radius 3 is 2.55 bits per heavy atom. The van der Waals surface area contributed by atoms with E-state index < -0.39 is 5.60 Å². The van der Waals surface area contributed by atoms with Crippen molar-refractivity contribution in [2.75, 3.05) is 39.3 Å². The molecule has 1 amide bonds. The molecule has 3 aliphatic rings. The number of guanidine groups is 1. The van der Waals surface area contributed by atoms with E-state index in [0.29, 0.717) is 19.6 Å². The molecule has 0 saturated carbocycles. The highest BCUT2D eigenvalue weighted by atomic mass is 127. The number of hydrogen-bond acceptors (Lipinski definition) is 7. The van der Waals surface area contributed by atoms with Crippen LogP contribution >= 0.6 is 24.0 Å². The average Bonchev–Trinajstić information content (AvgIpc) is 3.16. The Kier molecular flexibility index (Phi) is 8.85. The summed E-state index contributed by atoms with van der Waals surface area (Å²) in [4.78, 5) is 23.7. The van der Waals surface area contributed by atoms with Gasteiger partial charge in [-0.3, -0.25) is 9.89 Å². The lowest BCUT2D eigenvalue weighted by molar-refractivity contribution is 0.0137. The second-order valence-electron chi connectivity index (χ2n) is 10.1. The standard InChI is InChI=1S/C24H37N5O3.HI/c1-24(2,3)32-23(31)28-12-13-29-20(17-28)15-26-22(29)25-14-18-6-4-5-7-19(18)16-27-10-8-21(30)9-11-27;/h4-7,20-21,30H,8-17H2,1-3H3,(H,25,26);1H. The van der Waals surface area contributed by atoms with Crippen LogP contribution in [0.15, 0.2) is 29.3 Å². The molecule has 1 aromatic carbocycles. The zero-order chi connectivity index (χ0) is 22.7. The molecule has 4 rings (SSSR count). The minimum absolute atomic E-state index is 0. The molecule has 3 heterocycles. The minimum atomic E-state index is -0.478. The van der Waals surface area contributed by atoms with Gasteiger partial charge in [0.15, 0.2) is 5.96 Å². The predicted octanol–water partition coefficient (Wildman–Crippen LogP) is 2.64. The van der Waals surface area contributed by atoms with Crippen molar-refractivity contribution in [3.05, 3.63) is 35.4 Å². The lowest BCUT2D eigenvalue weighted by Gasteiger charge is -2.39. The molecule has 184 valence electrons. The van der Waals surface area contributed by atoms with Crippen molar-refractivity contribution >= 4 is 36.0 Å². The number of aliphatic hydroxyl groups is 1. The highest BCUT2D eigenvalue weighted by Gasteiger charge is 2.36. The first kappa shape index (κ1) is 26.0. The van der Waals surface area contributed by atoms with Crippen LogP contribution in [0.4, 0.5) is 4.79 Å². The summed E-state index contributed by atoms with van der Waals surface area (Å²) in [7, 11) is 0. The number of carbonyl (C=O) groups is 1. The third-order valence-electron chi connectivity index (χ3n) is 6.36. The zero-order valence-corrected chi connectivity index (χ0v) is 22.3. The first-order chi connectivity index (χ1) is 15.3. The maximum absolute atomic E-state index is 12.4. The van der Waals surface area contributed by atoms with Gasteiger partial charge in [0.05, 0.1) is 18.7 Å². The molecule has 33 heavy (non-hydrogen) atoms. The van der Waals surface area contributed by atoms with Gasteiger partial charge in [0.25, 0.3) is 0 Å². The molecule has 0 aliphatic carbocycles. The number of benzene rings is 1. The first-order valence-electron chi connectivity index (χ1n) is 11.8. The Morgan fingerprint density at radius 1 is 1.15 bits per heavy atom. The smallest absolute Gasteiger partial charge is 0.410 e. The number of ether oxygens (including phenoxy) is 1. The lowest BCUT2D eigenvalue weighted by atomic mass is 10.0. The monoisotopic (exact) mass is 571 g/mol. The fourth-order valence-electron chi connectivity index (χ4n) is 4.60. The number of aliphatic imine (C=N–C) groups is 1. The van der Waals surface area contributed by atoms with E-state index in [1.807, 2.05) is 20.8 Å². The van der Waals surface area contributed by atoms with E-state index in [0.717, 1.165) is 51.5 Å². The number of halogens is 1.